The highest BCUT2D eigenvalue weighted by Crippen LogP contribution is 2.15. The number of imidazole rings is 1. The van der Waals surface area contributed by atoms with Crippen molar-refractivity contribution >= 4 is 28.7 Å². The van der Waals surface area contributed by atoms with Crippen molar-refractivity contribution in [3.8, 4) is 0 Å². The van der Waals surface area contributed by atoms with Crippen LogP contribution < -0.4 is 10.6 Å². The summed E-state index contributed by atoms with van der Waals surface area (Å²) in [5, 5.41) is 5.49. The molecule has 22 heavy (non-hydrogen) atoms. The summed E-state index contributed by atoms with van der Waals surface area (Å²) in [4.78, 5) is 27.2. The van der Waals surface area contributed by atoms with Gasteiger partial charge in [0.1, 0.15) is 0 Å². The molecule has 2 amide bonds. The van der Waals surface area contributed by atoms with E-state index in [9.17, 15) is 9.59 Å². The summed E-state index contributed by atoms with van der Waals surface area (Å²) in [6.07, 6.45) is 5.16. The molecule has 2 heterocycles. The van der Waals surface area contributed by atoms with Crippen molar-refractivity contribution in [2.45, 2.75) is 6.92 Å². The zero-order valence-electron chi connectivity index (χ0n) is 11.9. The maximum atomic E-state index is 12.2. The molecule has 0 aliphatic carbocycles. The van der Waals surface area contributed by atoms with Crippen LogP contribution in [-0.4, -0.2) is 21.2 Å². The van der Waals surface area contributed by atoms with Crippen molar-refractivity contribution in [1.82, 2.24) is 9.38 Å². The van der Waals surface area contributed by atoms with E-state index in [1.54, 1.807) is 55.1 Å². The predicted molar refractivity (Wildman–Crippen MR) is 83.9 cm³/mol. The van der Waals surface area contributed by atoms with E-state index in [1.165, 1.54) is 6.92 Å². The quantitative estimate of drug-likeness (QED) is 0.779. The van der Waals surface area contributed by atoms with Crippen molar-refractivity contribution in [2.24, 2.45) is 0 Å². The van der Waals surface area contributed by atoms with E-state index in [0.717, 1.165) is 5.52 Å². The Kier molecular flexibility index (Phi) is 3.57. The number of rotatable bonds is 3. The average Bonchev–Trinajstić information content (AvgIpc) is 2.96. The summed E-state index contributed by atoms with van der Waals surface area (Å²) in [5.41, 5.74) is 2.76. The highest BCUT2D eigenvalue weighted by molar-refractivity contribution is 6.05. The van der Waals surface area contributed by atoms with Gasteiger partial charge in [0.15, 0.2) is 0 Å². The molecule has 0 aliphatic heterocycles. The topological polar surface area (TPSA) is 75.5 Å². The van der Waals surface area contributed by atoms with E-state index >= 15 is 0 Å². The van der Waals surface area contributed by atoms with E-state index < -0.39 is 0 Å². The van der Waals surface area contributed by atoms with Crippen molar-refractivity contribution in [2.75, 3.05) is 10.6 Å². The molecule has 0 bridgehead atoms. The molecule has 0 radical (unpaired) electrons. The number of carbonyl (C=O) groups excluding carboxylic acids is 2. The smallest absolute Gasteiger partial charge is 0.255 e. The van der Waals surface area contributed by atoms with Crippen LogP contribution in [0.2, 0.25) is 0 Å². The van der Waals surface area contributed by atoms with Crippen LogP contribution in [-0.2, 0) is 4.79 Å². The summed E-state index contributed by atoms with van der Waals surface area (Å²) >= 11 is 0. The Balaban J connectivity index is 1.74. The minimum absolute atomic E-state index is 0.133. The number of nitrogens with one attached hydrogen (secondary N) is 2. The second-order valence-corrected chi connectivity index (χ2v) is 4.85. The second-order valence-electron chi connectivity index (χ2n) is 4.85. The van der Waals surface area contributed by atoms with Gasteiger partial charge in [-0.15, -0.1) is 0 Å². The van der Waals surface area contributed by atoms with Gasteiger partial charge in [0.05, 0.1) is 18.0 Å². The van der Waals surface area contributed by atoms with Gasteiger partial charge in [-0.2, -0.15) is 0 Å². The number of fused-ring (bicyclic) bond motifs is 1. The van der Waals surface area contributed by atoms with Crippen LogP contribution in [0, 0.1) is 0 Å². The molecule has 1 aromatic carbocycles. The molecular weight excluding hydrogens is 280 g/mol. The number of amides is 2. The van der Waals surface area contributed by atoms with Gasteiger partial charge in [-0.25, -0.2) is 4.98 Å². The van der Waals surface area contributed by atoms with Crippen molar-refractivity contribution in [1.29, 1.82) is 0 Å². The van der Waals surface area contributed by atoms with Crippen LogP contribution in [0.4, 0.5) is 11.4 Å². The molecule has 6 heteroatoms. The fourth-order valence-corrected chi connectivity index (χ4v) is 2.10. The number of pyridine rings is 1. The Labute approximate surface area is 126 Å². The average molecular weight is 294 g/mol. The van der Waals surface area contributed by atoms with Crippen LogP contribution in [0.25, 0.3) is 5.52 Å². The minimum Gasteiger partial charge on any atom is -0.326 e. The molecule has 0 aliphatic rings. The lowest BCUT2D eigenvalue weighted by molar-refractivity contribution is -0.114. The van der Waals surface area contributed by atoms with Crippen LogP contribution >= 0.6 is 0 Å². The normalized spacial score (nSPS) is 10.4. The van der Waals surface area contributed by atoms with Gasteiger partial charge in [-0.1, -0.05) is 0 Å². The van der Waals surface area contributed by atoms with Crippen LogP contribution in [0.1, 0.15) is 17.3 Å². The van der Waals surface area contributed by atoms with Crippen molar-refractivity contribution in [3.05, 3.63) is 60.7 Å². The van der Waals surface area contributed by atoms with Crippen molar-refractivity contribution < 1.29 is 9.59 Å². The zero-order valence-corrected chi connectivity index (χ0v) is 11.9. The zero-order chi connectivity index (χ0) is 15.5. The Morgan fingerprint density at radius 3 is 2.41 bits per heavy atom. The molecule has 2 aromatic heterocycles. The fourth-order valence-electron chi connectivity index (χ4n) is 2.10. The van der Waals surface area contributed by atoms with Gasteiger partial charge in [-0.3, -0.25) is 9.59 Å². The highest BCUT2D eigenvalue weighted by Gasteiger charge is 2.07. The highest BCUT2D eigenvalue weighted by atomic mass is 16.2. The van der Waals surface area contributed by atoms with Crippen molar-refractivity contribution in [3.63, 3.8) is 0 Å². The molecule has 3 rings (SSSR count). The standard InChI is InChI=1S/C16H14N4O2/c1-11(21)18-13-2-4-14(5-3-13)19-16(22)12-6-7-20-10-17-9-15(20)8-12/h2-10H,1H3,(H,18,21)(H,19,22). The number of hydrogen-bond acceptors (Lipinski definition) is 3. The predicted octanol–water partition coefficient (Wildman–Crippen LogP) is 2.55. The van der Waals surface area contributed by atoms with Gasteiger partial charge < -0.3 is 15.0 Å². The largest absolute Gasteiger partial charge is 0.326 e. The first-order valence-electron chi connectivity index (χ1n) is 6.72. The lowest BCUT2D eigenvalue weighted by atomic mass is 10.2. The van der Waals surface area contributed by atoms with E-state index in [-0.39, 0.29) is 11.8 Å². The molecule has 0 saturated carbocycles. The number of anilines is 2. The molecule has 3 aromatic rings. The Morgan fingerprint density at radius 1 is 1.05 bits per heavy atom. The van der Waals surface area contributed by atoms with Gasteiger partial charge >= 0.3 is 0 Å². The number of hydrogen-bond donors (Lipinski definition) is 2. The summed E-state index contributed by atoms with van der Waals surface area (Å²) in [5.74, 6) is -0.332. The number of aromatic nitrogens is 2. The van der Waals surface area contributed by atoms with E-state index in [1.807, 2.05) is 4.40 Å². The molecule has 0 spiro atoms. The number of carbonyl (C=O) groups is 2. The van der Waals surface area contributed by atoms with Gasteiger partial charge in [0.25, 0.3) is 5.91 Å². The van der Waals surface area contributed by atoms with Crippen LogP contribution in [0.5, 0.6) is 0 Å². The summed E-state index contributed by atoms with van der Waals surface area (Å²) in [7, 11) is 0. The van der Waals surface area contributed by atoms with E-state index in [0.29, 0.717) is 16.9 Å². The number of benzene rings is 1. The molecule has 0 saturated heterocycles. The first-order valence-corrected chi connectivity index (χ1v) is 6.72. The van der Waals surface area contributed by atoms with Gasteiger partial charge in [0.2, 0.25) is 5.91 Å². The SMILES string of the molecule is CC(=O)Nc1ccc(NC(=O)c2ccn3cncc3c2)cc1. The third-order valence-electron chi connectivity index (χ3n) is 3.14. The first-order chi connectivity index (χ1) is 10.6. The number of nitrogens with zero attached hydrogens (tertiary/aromatic N) is 2. The molecule has 0 atom stereocenters. The molecule has 110 valence electrons. The van der Waals surface area contributed by atoms with Crippen LogP contribution in [0.15, 0.2) is 55.1 Å². The van der Waals surface area contributed by atoms with E-state index in [2.05, 4.69) is 15.6 Å². The van der Waals surface area contributed by atoms with Gasteiger partial charge in [0, 0.05) is 30.1 Å². The summed E-state index contributed by atoms with van der Waals surface area (Å²) in [6.45, 7) is 1.45. The second kappa shape index (κ2) is 5.69. The van der Waals surface area contributed by atoms with Crippen LogP contribution in [0.3, 0.4) is 0 Å². The fraction of sp³-hybridized carbons (Fsp3) is 0.0625. The molecule has 2 N–H and O–H groups in total. The summed E-state index contributed by atoms with van der Waals surface area (Å²) < 4.78 is 1.83. The van der Waals surface area contributed by atoms with Gasteiger partial charge in [-0.05, 0) is 36.4 Å². The molecule has 0 unspecified atom stereocenters. The maximum absolute atomic E-state index is 12.2. The Bertz CT molecular complexity index is 837. The Morgan fingerprint density at radius 2 is 1.73 bits per heavy atom. The molecular formula is C16H14N4O2. The summed E-state index contributed by atoms with van der Waals surface area (Å²) in [6, 6.07) is 10.4. The third kappa shape index (κ3) is 2.95. The van der Waals surface area contributed by atoms with E-state index in [4.69, 9.17) is 0 Å². The lowest BCUT2D eigenvalue weighted by Gasteiger charge is -2.07. The lowest BCUT2D eigenvalue weighted by Crippen LogP contribution is -2.12. The monoisotopic (exact) mass is 294 g/mol. The Hall–Kier alpha value is -3.15. The molecule has 6 nitrogen and oxygen atoms in total. The molecule has 0 fully saturated rings. The maximum Gasteiger partial charge on any atom is 0.255 e. The first kappa shape index (κ1) is 13.8. The minimum atomic E-state index is -0.198. The third-order valence-corrected chi connectivity index (χ3v) is 3.14.